The van der Waals surface area contributed by atoms with Crippen LogP contribution in [0, 0.1) is 24.0 Å². The number of amides is 1. The largest absolute Gasteiger partial charge is 0.307 e. The molecule has 1 aromatic heterocycles. The Morgan fingerprint density at radius 1 is 1.25 bits per heavy atom. The fourth-order valence-corrected chi connectivity index (χ4v) is 1.80. The molecule has 6 nitrogen and oxygen atoms in total. The normalized spacial score (nSPS) is 10.1. The third kappa shape index (κ3) is 2.97. The van der Waals surface area contributed by atoms with Gasteiger partial charge in [-0.25, -0.2) is 4.98 Å². The highest BCUT2D eigenvalue weighted by Gasteiger charge is 2.14. The molecule has 0 saturated carbocycles. The van der Waals surface area contributed by atoms with E-state index in [4.69, 9.17) is 0 Å². The van der Waals surface area contributed by atoms with Crippen LogP contribution in [-0.4, -0.2) is 15.8 Å². The first kappa shape index (κ1) is 13.7. The SMILES string of the molecule is Cc1cccc(NC(=O)c2ccc([N+](=O)[O-])c(C)c2)n1. The molecule has 0 bridgehead atoms. The third-order valence-electron chi connectivity index (χ3n) is 2.79. The number of anilines is 1. The van der Waals surface area contributed by atoms with Crippen molar-refractivity contribution in [3.63, 3.8) is 0 Å². The molecule has 0 aliphatic heterocycles. The molecule has 102 valence electrons. The van der Waals surface area contributed by atoms with Crippen LogP contribution < -0.4 is 5.32 Å². The van der Waals surface area contributed by atoms with Crippen LogP contribution in [0.3, 0.4) is 0 Å². The number of nitrogens with one attached hydrogen (secondary N) is 1. The lowest BCUT2D eigenvalue weighted by Gasteiger charge is -2.06. The average Bonchev–Trinajstić information content (AvgIpc) is 2.38. The fourth-order valence-electron chi connectivity index (χ4n) is 1.80. The van der Waals surface area contributed by atoms with Gasteiger partial charge in [-0.05, 0) is 38.1 Å². The highest BCUT2D eigenvalue weighted by molar-refractivity contribution is 6.04. The van der Waals surface area contributed by atoms with Crippen molar-refractivity contribution in [2.75, 3.05) is 5.32 Å². The van der Waals surface area contributed by atoms with Gasteiger partial charge in [0.1, 0.15) is 5.82 Å². The highest BCUT2D eigenvalue weighted by atomic mass is 16.6. The molecule has 0 aliphatic carbocycles. The van der Waals surface area contributed by atoms with Crippen LogP contribution in [0.5, 0.6) is 0 Å². The van der Waals surface area contributed by atoms with Gasteiger partial charge in [0.25, 0.3) is 11.6 Å². The van der Waals surface area contributed by atoms with E-state index in [1.807, 2.05) is 13.0 Å². The Morgan fingerprint density at radius 3 is 2.60 bits per heavy atom. The van der Waals surface area contributed by atoms with Crippen molar-refractivity contribution in [1.82, 2.24) is 4.98 Å². The molecule has 1 amide bonds. The van der Waals surface area contributed by atoms with Gasteiger partial charge in [0, 0.05) is 22.9 Å². The summed E-state index contributed by atoms with van der Waals surface area (Å²) >= 11 is 0. The van der Waals surface area contributed by atoms with E-state index in [9.17, 15) is 14.9 Å². The van der Waals surface area contributed by atoms with Crippen molar-refractivity contribution in [1.29, 1.82) is 0 Å². The van der Waals surface area contributed by atoms with Crippen LogP contribution in [0.4, 0.5) is 11.5 Å². The zero-order chi connectivity index (χ0) is 14.7. The van der Waals surface area contributed by atoms with Crippen molar-refractivity contribution in [2.45, 2.75) is 13.8 Å². The van der Waals surface area contributed by atoms with E-state index in [1.165, 1.54) is 18.2 Å². The van der Waals surface area contributed by atoms with E-state index in [0.717, 1.165) is 5.69 Å². The lowest BCUT2D eigenvalue weighted by atomic mass is 10.1. The second-order valence-corrected chi connectivity index (χ2v) is 4.38. The van der Waals surface area contributed by atoms with Gasteiger partial charge < -0.3 is 5.32 Å². The number of benzene rings is 1. The topological polar surface area (TPSA) is 85.1 Å². The van der Waals surface area contributed by atoms with Crippen LogP contribution in [0.25, 0.3) is 0 Å². The Balaban J connectivity index is 2.22. The van der Waals surface area contributed by atoms with Crippen LogP contribution in [0.2, 0.25) is 0 Å². The lowest BCUT2D eigenvalue weighted by Crippen LogP contribution is -2.13. The van der Waals surface area contributed by atoms with E-state index in [2.05, 4.69) is 10.3 Å². The van der Waals surface area contributed by atoms with Gasteiger partial charge in [-0.1, -0.05) is 6.07 Å². The average molecular weight is 271 g/mol. The second-order valence-electron chi connectivity index (χ2n) is 4.38. The summed E-state index contributed by atoms with van der Waals surface area (Å²) < 4.78 is 0. The number of rotatable bonds is 3. The zero-order valence-corrected chi connectivity index (χ0v) is 11.1. The van der Waals surface area contributed by atoms with E-state index in [-0.39, 0.29) is 11.6 Å². The van der Waals surface area contributed by atoms with E-state index < -0.39 is 4.92 Å². The first-order chi connectivity index (χ1) is 9.47. The predicted octanol–water partition coefficient (Wildman–Crippen LogP) is 2.86. The number of carbonyl (C=O) groups excluding carboxylic acids is 1. The quantitative estimate of drug-likeness (QED) is 0.687. The Hall–Kier alpha value is -2.76. The molecule has 6 heteroatoms. The van der Waals surface area contributed by atoms with Gasteiger partial charge in [0.05, 0.1) is 4.92 Å². The van der Waals surface area contributed by atoms with Crippen molar-refractivity contribution in [3.8, 4) is 0 Å². The molecule has 0 fully saturated rings. The Morgan fingerprint density at radius 2 is 2.00 bits per heavy atom. The summed E-state index contributed by atoms with van der Waals surface area (Å²) in [7, 11) is 0. The molecule has 1 N–H and O–H groups in total. The van der Waals surface area contributed by atoms with Crippen molar-refractivity contribution in [3.05, 3.63) is 63.3 Å². The second kappa shape index (κ2) is 5.48. The van der Waals surface area contributed by atoms with E-state index >= 15 is 0 Å². The summed E-state index contributed by atoms with van der Waals surface area (Å²) in [6.45, 7) is 3.42. The minimum atomic E-state index is -0.473. The molecule has 0 radical (unpaired) electrons. The van der Waals surface area contributed by atoms with Crippen LogP contribution in [0.15, 0.2) is 36.4 Å². The molecule has 0 unspecified atom stereocenters. The molecule has 2 aromatic rings. The Labute approximate surface area is 115 Å². The number of nitrogens with zero attached hydrogens (tertiary/aromatic N) is 2. The third-order valence-corrected chi connectivity index (χ3v) is 2.79. The molecule has 1 heterocycles. The van der Waals surface area contributed by atoms with Gasteiger partial charge in [-0.2, -0.15) is 0 Å². The first-order valence-corrected chi connectivity index (χ1v) is 5.97. The fraction of sp³-hybridized carbons (Fsp3) is 0.143. The van der Waals surface area contributed by atoms with Gasteiger partial charge in [0.15, 0.2) is 0 Å². The molecular weight excluding hydrogens is 258 g/mol. The van der Waals surface area contributed by atoms with E-state index in [1.54, 1.807) is 19.1 Å². The van der Waals surface area contributed by atoms with Gasteiger partial charge in [-0.15, -0.1) is 0 Å². The van der Waals surface area contributed by atoms with Gasteiger partial charge in [0.2, 0.25) is 0 Å². The number of nitro benzene ring substituents is 1. The number of pyridine rings is 1. The number of hydrogen-bond acceptors (Lipinski definition) is 4. The summed E-state index contributed by atoms with van der Waals surface area (Å²) in [5.41, 5.74) is 1.59. The van der Waals surface area contributed by atoms with Gasteiger partial charge >= 0.3 is 0 Å². The maximum Gasteiger partial charge on any atom is 0.272 e. The molecule has 1 aromatic carbocycles. The number of aryl methyl sites for hydroxylation is 2. The minimum absolute atomic E-state index is 0.00442. The number of carbonyl (C=O) groups is 1. The van der Waals surface area contributed by atoms with E-state index in [0.29, 0.717) is 16.9 Å². The number of hydrogen-bond donors (Lipinski definition) is 1. The number of aromatic nitrogens is 1. The highest BCUT2D eigenvalue weighted by Crippen LogP contribution is 2.19. The molecule has 0 atom stereocenters. The van der Waals surface area contributed by atoms with Crippen molar-refractivity contribution >= 4 is 17.4 Å². The standard InChI is InChI=1S/C14H13N3O3/c1-9-8-11(6-7-12(9)17(19)20)14(18)16-13-5-3-4-10(2)15-13/h3-8H,1-2H3,(H,15,16,18). The molecule has 20 heavy (non-hydrogen) atoms. The zero-order valence-electron chi connectivity index (χ0n) is 11.1. The maximum absolute atomic E-state index is 12.0. The molecule has 0 saturated heterocycles. The molecule has 0 aliphatic rings. The first-order valence-electron chi connectivity index (χ1n) is 5.97. The maximum atomic E-state index is 12.0. The summed E-state index contributed by atoms with van der Waals surface area (Å²) in [6.07, 6.45) is 0. The smallest absolute Gasteiger partial charge is 0.272 e. The molecule has 0 spiro atoms. The predicted molar refractivity (Wildman–Crippen MR) is 74.8 cm³/mol. The molecular formula is C14H13N3O3. The summed E-state index contributed by atoms with van der Waals surface area (Å²) in [5, 5.41) is 13.4. The molecule has 2 rings (SSSR count). The van der Waals surface area contributed by atoms with Crippen LogP contribution >= 0.6 is 0 Å². The van der Waals surface area contributed by atoms with Crippen LogP contribution in [-0.2, 0) is 0 Å². The summed E-state index contributed by atoms with van der Waals surface area (Å²) in [5.74, 6) is 0.104. The van der Waals surface area contributed by atoms with Crippen LogP contribution in [0.1, 0.15) is 21.6 Å². The Kier molecular flexibility index (Phi) is 3.74. The van der Waals surface area contributed by atoms with Crippen molar-refractivity contribution < 1.29 is 9.72 Å². The summed E-state index contributed by atoms with van der Waals surface area (Å²) in [4.78, 5) is 26.5. The van der Waals surface area contributed by atoms with Gasteiger partial charge in [-0.3, -0.25) is 14.9 Å². The lowest BCUT2D eigenvalue weighted by molar-refractivity contribution is -0.385. The Bertz CT molecular complexity index is 683. The minimum Gasteiger partial charge on any atom is -0.307 e. The number of nitro groups is 1. The monoisotopic (exact) mass is 271 g/mol. The summed E-state index contributed by atoms with van der Waals surface area (Å²) in [6, 6.07) is 9.54. The van der Waals surface area contributed by atoms with Crippen molar-refractivity contribution in [2.24, 2.45) is 0 Å².